The summed E-state index contributed by atoms with van der Waals surface area (Å²) >= 11 is 15.1. The average Bonchev–Trinajstić information content (AvgIpc) is 3.19. The highest BCUT2D eigenvalue weighted by molar-refractivity contribution is 8.00. The number of thioether (sulfide) groups is 1. The Hall–Kier alpha value is -3.01. The van der Waals surface area contributed by atoms with Gasteiger partial charge in [0, 0.05) is 28.3 Å². The van der Waals surface area contributed by atoms with E-state index in [0.29, 0.717) is 33.3 Å². The Morgan fingerprint density at radius 2 is 1.75 bits per heavy atom. The van der Waals surface area contributed by atoms with Crippen LogP contribution in [0.5, 0.6) is 5.75 Å². The van der Waals surface area contributed by atoms with Gasteiger partial charge in [0.15, 0.2) is 0 Å². The minimum absolute atomic E-state index is 0.0275. The van der Waals surface area contributed by atoms with Crippen LogP contribution < -0.4 is 10.1 Å². The molecule has 0 saturated heterocycles. The number of alkyl halides is 1. The Bertz CT molecular complexity index is 1360. The maximum atomic E-state index is 11.7. The number of fused-ring (bicyclic) bond motifs is 3. The van der Waals surface area contributed by atoms with Gasteiger partial charge in [-0.1, -0.05) is 41.9 Å². The Morgan fingerprint density at radius 3 is 2.44 bits per heavy atom. The maximum Gasteiger partial charge on any atom is 0.282 e. The van der Waals surface area contributed by atoms with Crippen LogP contribution in [0.4, 0.5) is 17.1 Å². The molecular weight excluding hydrogens is 525 g/mol. The average molecular weight is 546 g/mol. The van der Waals surface area contributed by atoms with Crippen molar-refractivity contribution in [1.29, 1.82) is 0 Å². The van der Waals surface area contributed by atoms with Crippen LogP contribution in [0.1, 0.15) is 29.5 Å². The number of benzene rings is 3. The number of rotatable bonds is 6. The molecule has 36 heavy (non-hydrogen) atoms. The largest absolute Gasteiger partial charge is 0.494 e. The van der Waals surface area contributed by atoms with Gasteiger partial charge in [-0.25, -0.2) is 0 Å². The molecule has 11 heteroatoms. The summed E-state index contributed by atoms with van der Waals surface area (Å²) in [6.07, 6.45) is 0.628. The minimum Gasteiger partial charge on any atom is -0.494 e. The van der Waals surface area contributed by atoms with Gasteiger partial charge < -0.3 is 10.1 Å². The number of nitro groups is 2. The molecule has 5 rings (SSSR count). The smallest absolute Gasteiger partial charge is 0.282 e. The topological polar surface area (TPSA) is 108 Å². The van der Waals surface area contributed by atoms with Gasteiger partial charge in [-0.3, -0.25) is 20.2 Å². The van der Waals surface area contributed by atoms with E-state index >= 15 is 0 Å². The highest BCUT2D eigenvalue weighted by Crippen LogP contribution is 2.60. The molecule has 2 aliphatic rings. The first-order valence-corrected chi connectivity index (χ1v) is 12.9. The summed E-state index contributed by atoms with van der Waals surface area (Å²) < 4.78 is 5.54. The summed E-state index contributed by atoms with van der Waals surface area (Å²) in [7, 11) is 1.47. The van der Waals surface area contributed by atoms with Gasteiger partial charge in [0.2, 0.25) is 0 Å². The molecule has 8 nitrogen and oxygen atoms in total. The van der Waals surface area contributed by atoms with E-state index in [9.17, 15) is 20.2 Å². The highest BCUT2D eigenvalue weighted by Gasteiger charge is 2.51. The first-order chi connectivity index (χ1) is 17.3. The van der Waals surface area contributed by atoms with E-state index in [1.807, 2.05) is 24.3 Å². The summed E-state index contributed by atoms with van der Waals surface area (Å²) in [5.41, 5.74) is 2.19. The highest BCUT2D eigenvalue weighted by atomic mass is 35.5. The number of ether oxygens (including phenoxy) is 1. The van der Waals surface area contributed by atoms with E-state index < -0.39 is 15.2 Å². The Labute approximate surface area is 221 Å². The lowest BCUT2D eigenvalue weighted by Gasteiger charge is -2.39. The van der Waals surface area contributed by atoms with Gasteiger partial charge in [-0.15, -0.1) is 23.4 Å². The standard InChI is InChI=1S/C25H21Cl2N3O5S/c1-35-19-11-13(29(31)32)10-15-22-16(24(28-25(15)19)14-6-2-3-7-17(14)26)12-21(23(22)27)36-20-9-5-4-8-18(20)30(33)34/h2-11,16,21-24,28H,12H2,1H3/t16-,21+,22+,23+,24+/m0/s1. The van der Waals surface area contributed by atoms with Crippen LogP contribution in [0.25, 0.3) is 0 Å². The normalized spacial score (nSPS) is 24.4. The lowest BCUT2D eigenvalue weighted by Crippen LogP contribution is -2.31. The number of nitrogens with zero attached hydrogens (tertiary/aromatic N) is 2. The zero-order valence-electron chi connectivity index (χ0n) is 19.0. The van der Waals surface area contributed by atoms with E-state index in [-0.39, 0.29) is 34.5 Å². The van der Waals surface area contributed by atoms with Crippen LogP contribution in [-0.2, 0) is 0 Å². The first kappa shape index (κ1) is 24.7. The fourth-order valence-corrected chi connectivity index (χ4v) is 7.54. The number of para-hydroxylation sites is 1. The van der Waals surface area contributed by atoms with Gasteiger partial charge in [0.05, 0.1) is 45.0 Å². The monoisotopic (exact) mass is 545 g/mol. The second kappa shape index (κ2) is 9.80. The van der Waals surface area contributed by atoms with Crippen molar-refractivity contribution >= 4 is 52.0 Å². The lowest BCUT2D eigenvalue weighted by molar-refractivity contribution is -0.387. The van der Waals surface area contributed by atoms with Gasteiger partial charge in [-0.05, 0) is 35.6 Å². The number of nitro benzene ring substituents is 2. The van der Waals surface area contributed by atoms with Crippen LogP contribution >= 0.6 is 35.0 Å². The van der Waals surface area contributed by atoms with E-state index in [0.717, 1.165) is 5.56 Å². The van der Waals surface area contributed by atoms with Crippen LogP contribution in [-0.4, -0.2) is 27.6 Å². The molecule has 3 aromatic rings. The summed E-state index contributed by atoms with van der Waals surface area (Å²) in [5.74, 6) is 0.0264. The van der Waals surface area contributed by atoms with E-state index in [4.69, 9.17) is 27.9 Å². The second-order valence-electron chi connectivity index (χ2n) is 8.76. The van der Waals surface area contributed by atoms with Crippen LogP contribution in [0.2, 0.25) is 5.02 Å². The molecule has 0 bridgehead atoms. The zero-order chi connectivity index (χ0) is 25.6. The van der Waals surface area contributed by atoms with Gasteiger partial charge in [0.25, 0.3) is 11.4 Å². The molecule has 1 fully saturated rings. The Morgan fingerprint density at radius 1 is 1.03 bits per heavy atom. The molecule has 1 aliphatic carbocycles. The van der Waals surface area contributed by atoms with Crippen LogP contribution in [0.15, 0.2) is 65.6 Å². The molecule has 1 heterocycles. The summed E-state index contributed by atoms with van der Waals surface area (Å²) in [4.78, 5) is 23.0. The lowest BCUT2D eigenvalue weighted by atomic mass is 9.77. The summed E-state index contributed by atoms with van der Waals surface area (Å²) in [6.45, 7) is 0. The van der Waals surface area contributed by atoms with Crippen molar-refractivity contribution < 1.29 is 14.6 Å². The third kappa shape index (κ3) is 4.25. The molecule has 3 aromatic carbocycles. The summed E-state index contributed by atoms with van der Waals surface area (Å²) in [5, 5.41) is 26.8. The maximum absolute atomic E-state index is 11.7. The zero-order valence-corrected chi connectivity index (χ0v) is 21.3. The number of hydrogen-bond donors (Lipinski definition) is 1. The molecule has 0 spiro atoms. The van der Waals surface area contributed by atoms with Gasteiger partial charge in [0.1, 0.15) is 5.75 Å². The number of halogens is 2. The van der Waals surface area contributed by atoms with Crippen molar-refractivity contribution in [2.24, 2.45) is 5.92 Å². The predicted molar refractivity (Wildman–Crippen MR) is 141 cm³/mol. The molecule has 1 aliphatic heterocycles. The molecular formula is C25H21Cl2N3O5S. The predicted octanol–water partition coefficient (Wildman–Crippen LogP) is 7.20. The Balaban J connectivity index is 1.62. The van der Waals surface area contributed by atoms with E-state index in [2.05, 4.69) is 5.32 Å². The molecule has 0 amide bonds. The number of non-ortho nitro benzene ring substituents is 1. The van der Waals surface area contributed by atoms with Gasteiger partial charge >= 0.3 is 0 Å². The van der Waals surface area contributed by atoms with Crippen LogP contribution in [0.3, 0.4) is 0 Å². The third-order valence-corrected chi connectivity index (χ3v) is 9.34. The van der Waals surface area contributed by atoms with E-state index in [1.165, 1.54) is 31.0 Å². The molecule has 1 saturated carbocycles. The van der Waals surface area contributed by atoms with Crippen LogP contribution in [0, 0.1) is 26.1 Å². The molecule has 186 valence electrons. The fraction of sp³-hybridized carbons (Fsp3) is 0.280. The SMILES string of the molecule is COc1cc([N+](=O)[O-])cc2c1N[C@H](c1ccccc1Cl)[C@H]1C[C@@H](Sc3ccccc3[N+](=O)[O-])[C@@H](Cl)[C@H]21. The molecule has 1 N–H and O–H groups in total. The second-order valence-corrected chi connectivity index (χ2v) is 11.0. The molecule has 0 radical (unpaired) electrons. The summed E-state index contributed by atoms with van der Waals surface area (Å²) in [6, 6.07) is 16.9. The molecule has 0 unspecified atom stereocenters. The number of methoxy groups -OCH3 is 1. The van der Waals surface area contributed by atoms with Crippen molar-refractivity contribution in [2.45, 2.75) is 33.9 Å². The first-order valence-electron chi connectivity index (χ1n) is 11.2. The van der Waals surface area contributed by atoms with Gasteiger partial charge in [-0.2, -0.15) is 0 Å². The minimum atomic E-state index is -0.449. The third-order valence-electron chi connectivity index (χ3n) is 6.88. The van der Waals surface area contributed by atoms with Crippen molar-refractivity contribution in [3.8, 4) is 5.75 Å². The quantitative estimate of drug-likeness (QED) is 0.198. The number of anilines is 1. The molecule has 5 atom stereocenters. The fourth-order valence-electron chi connectivity index (χ4n) is 5.35. The number of nitrogens with one attached hydrogen (secondary N) is 1. The van der Waals surface area contributed by atoms with Crippen molar-refractivity contribution in [2.75, 3.05) is 12.4 Å². The molecule has 0 aromatic heterocycles. The van der Waals surface area contributed by atoms with E-state index in [1.54, 1.807) is 24.3 Å². The van der Waals surface area contributed by atoms with Crippen molar-refractivity contribution in [1.82, 2.24) is 0 Å². The Kier molecular flexibility index (Phi) is 6.72. The number of hydrogen-bond acceptors (Lipinski definition) is 7. The van der Waals surface area contributed by atoms with Crippen molar-refractivity contribution in [3.05, 3.63) is 97.0 Å². The van der Waals surface area contributed by atoms with Crippen molar-refractivity contribution in [3.63, 3.8) is 0 Å².